The smallest absolute Gasteiger partial charge is 0.119 e. The van der Waals surface area contributed by atoms with Gasteiger partial charge in [0.2, 0.25) is 0 Å². The number of rotatable bonds is 8. The van der Waals surface area contributed by atoms with Gasteiger partial charge in [0.1, 0.15) is 5.75 Å². The lowest BCUT2D eigenvalue weighted by Crippen LogP contribution is -2.13. The molecule has 164 valence electrons. The van der Waals surface area contributed by atoms with Gasteiger partial charge in [-0.1, -0.05) is 62.7 Å². The molecule has 30 heavy (non-hydrogen) atoms. The second-order valence-corrected chi connectivity index (χ2v) is 9.47. The Morgan fingerprint density at radius 2 is 1.63 bits per heavy atom. The summed E-state index contributed by atoms with van der Waals surface area (Å²) < 4.78 is 5.56. The van der Waals surface area contributed by atoms with Crippen LogP contribution in [-0.4, -0.2) is 6.61 Å². The van der Waals surface area contributed by atoms with E-state index in [4.69, 9.17) is 4.74 Å². The minimum Gasteiger partial charge on any atom is -0.494 e. The van der Waals surface area contributed by atoms with Gasteiger partial charge in [-0.25, -0.2) is 0 Å². The van der Waals surface area contributed by atoms with Crippen molar-refractivity contribution in [3.63, 3.8) is 0 Å². The molecule has 0 atom stereocenters. The van der Waals surface area contributed by atoms with E-state index in [9.17, 15) is 0 Å². The van der Waals surface area contributed by atoms with E-state index in [0.717, 1.165) is 24.2 Å². The normalized spacial score (nSPS) is 26.9. The highest BCUT2D eigenvalue weighted by molar-refractivity contribution is 5.30. The van der Waals surface area contributed by atoms with Gasteiger partial charge in [-0.05, 0) is 99.8 Å². The fourth-order valence-corrected chi connectivity index (χ4v) is 5.28. The Bertz CT molecular complexity index is 673. The number of allylic oxidation sites excluding steroid dienone is 2. The van der Waals surface area contributed by atoms with Crippen LogP contribution in [0.25, 0.3) is 0 Å². The van der Waals surface area contributed by atoms with E-state index in [1.54, 1.807) is 0 Å². The lowest BCUT2D eigenvalue weighted by Gasteiger charge is -2.26. The van der Waals surface area contributed by atoms with Crippen molar-refractivity contribution in [2.24, 2.45) is 17.8 Å². The highest BCUT2D eigenvalue weighted by Gasteiger charge is 2.21. The van der Waals surface area contributed by atoms with Crippen molar-refractivity contribution in [1.82, 2.24) is 0 Å². The van der Waals surface area contributed by atoms with E-state index in [2.05, 4.69) is 55.2 Å². The molecule has 0 unspecified atom stereocenters. The van der Waals surface area contributed by atoms with Crippen LogP contribution in [0.5, 0.6) is 5.75 Å². The number of hydrogen-bond donors (Lipinski definition) is 0. The van der Waals surface area contributed by atoms with Crippen molar-refractivity contribution < 1.29 is 4.74 Å². The zero-order valence-corrected chi connectivity index (χ0v) is 19.4. The molecular weight excluding hydrogens is 364 g/mol. The maximum Gasteiger partial charge on any atom is 0.119 e. The van der Waals surface area contributed by atoms with Crippen molar-refractivity contribution >= 4 is 0 Å². The zero-order valence-electron chi connectivity index (χ0n) is 19.4. The van der Waals surface area contributed by atoms with E-state index in [1.165, 1.54) is 82.6 Å². The first-order chi connectivity index (χ1) is 14.8. The second kappa shape index (κ2) is 12.9. The Labute approximate surface area is 185 Å². The van der Waals surface area contributed by atoms with E-state index in [0.29, 0.717) is 11.8 Å². The van der Waals surface area contributed by atoms with Gasteiger partial charge in [0.15, 0.2) is 0 Å². The van der Waals surface area contributed by atoms with Crippen molar-refractivity contribution in [3.8, 4) is 17.6 Å². The zero-order chi connectivity index (χ0) is 21.0. The molecule has 2 saturated carbocycles. The first-order valence-corrected chi connectivity index (χ1v) is 12.7. The Morgan fingerprint density at radius 3 is 2.30 bits per heavy atom. The molecule has 0 radical (unpaired) electrons. The van der Waals surface area contributed by atoms with Crippen LogP contribution in [0, 0.1) is 29.6 Å². The van der Waals surface area contributed by atoms with Crippen LogP contribution >= 0.6 is 0 Å². The van der Waals surface area contributed by atoms with Gasteiger partial charge in [0.25, 0.3) is 0 Å². The Hall–Kier alpha value is -1.68. The average molecular weight is 407 g/mol. The fourth-order valence-electron chi connectivity index (χ4n) is 5.28. The molecule has 0 spiro atoms. The van der Waals surface area contributed by atoms with Gasteiger partial charge in [0, 0.05) is 5.92 Å². The minimum absolute atomic E-state index is 0.586. The maximum atomic E-state index is 5.56. The van der Waals surface area contributed by atoms with Gasteiger partial charge < -0.3 is 4.74 Å². The molecule has 0 amide bonds. The number of hydrogen-bond acceptors (Lipinski definition) is 1. The molecule has 1 aromatic rings. The van der Waals surface area contributed by atoms with Gasteiger partial charge in [-0.3, -0.25) is 0 Å². The molecule has 2 aliphatic rings. The van der Waals surface area contributed by atoms with Crippen LogP contribution in [0.1, 0.15) is 102 Å². The number of unbranched alkanes of at least 4 members (excludes halogenated alkanes) is 2. The molecular formula is C29H42O. The van der Waals surface area contributed by atoms with Gasteiger partial charge in [-0.15, -0.1) is 0 Å². The molecule has 2 aliphatic carbocycles. The van der Waals surface area contributed by atoms with Gasteiger partial charge in [0.05, 0.1) is 6.61 Å². The summed E-state index contributed by atoms with van der Waals surface area (Å²) in [6.07, 6.45) is 20.9. The standard InChI is InChI=1S/C29H42O/c1-3-5-6-9-24-12-14-25(15-13-24)10-7-8-11-26-16-18-27(19-17-26)28-20-22-29(23-21-28)30-4-2/h7,10,20-27H,3-6,9,12-19H2,1-2H3/b10-7+. The summed E-state index contributed by atoms with van der Waals surface area (Å²) in [6.45, 7) is 5.07. The summed E-state index contributed by atoms with van der Waals surface area (Å²) in [5.41, 5.74) is 1.47. The Balaban J connectivity index is 1.35. The Kier molecular flexibility index (Phi) is 9.88. The van der Waals surface area contributed by atoms with Crippen LogP contribution < -0.4 is 4.74 Å². The molecule has 0 aliphatic heterocycles. The van der Waals surface area contributed by atoms with E-state index in [-0.39, 0.29) is 0 Å². The van der Waals surface area contributed by atoms with Crippen molar-refractivity contribution in [3.05, 3.63) is 42.0 Å². The first kappa shape index (κ1) is 23.0. The molecule has 0 heterocycles. The monoisotopic (exact) mass is 406 g/mol. The SMILES string of the molecule is CCCCCC1CCC(/C=C/C#CC2CCC(c3ccc(OCC)cc3)CC2)CC1. The molecule has 0 saturated heterocycles. The van der Waals surface area contributed by atoms with Crippen molar-refractivity contribution in [1.29, 1.82) is 0 Å². The van der Waals surface area contributed by atoms with Crippen molar-refractivity contribution in [2.75, 3.05) is 6.61 Å². The van der Waals surface area contributed by atoms with Crippen LogP contribution in [0.2, 0.25) is 0 Å². The van der Waals surface area contributed by atoms with Crippen molar-refractivity contribution in [2.45, 2.75) is 96.8 Å². The lowest BCUT2D eigenvalue weighted by molar-refractivity contribution is 0.289. The topological polar surface area (TPSA) is 9.23 Å². The summed E-state index contributed by atoms with van der Waals surface area (Å²) in [4.78, 5) is 0. The van der Waals surface area contributed by atoms with Gasteiger partial charge in [-0.2, -0.15) is 0 Å². The molecule has 2 fully saturated rings. The summed E-state index contributed by atoms with van der Waals surface area (Å²) in [6, 6.07) is 8.74. The lowest BCUT2D eigenvalue weighted by atomic mass is 9.79. The predicted octanol–water partition coefficient (Wildman–Crippen LogP) is 8.31. The summed E-state index contributed by atoms with van der Waals surface area (Å²) >= 11 is 0. The van der Waals surface area contributed by atoms with Gasteiger partial charge >= 0.3 is 0 Å². The highest BCUT2D eigenvalue weighted by Crippen LogP contribution is 2.36. The molecule has 0 N–H and O–H groups in total. The Morgan fingerprint density at radius 1 is 0.900 bits per heavy atom. The quantitative estimate of drug-likeness (QED) is 0.311. The molecule has 1 aromatic carbocycles. The summed E-state index contributed by atoms with van der Waals surface area (Å²) in [5, 5.41) is 0. The van der Waals surface area contributed by atoms with Crippen LogP contribution in [0.3, 0.4) is 0 Å². The summed E-state index contributed by atoms with van der Waals surface area (Å²) in [5.74, 6) is 11.0. The van der Waals surface area contributed by atoms with Crippen LogP contribution in [0.4, 0.5) is 0 Å². The third kappa shape index (κ3) is 7.54. The second-order valence-electron chi connectivity index (χ2n) is 9.47. The van der Waals surface area contributed by atoms with E-state index < -0.39 is 0 Å². The number of benzene rings is 1. The molecule has 0 bridgehead atoms. The molecule has 1 heteroatoms. The number of ether oxygens (including phenoxy) is 1. The molecule has 3 rings (SSSR count). The predicted molar refractivity (Wildman–Crippen MR) is 129 cm³/mol. The molecule has 1 nitrogen and oxygen atoms in total. The average Bonchev–Trinajstić information content (AvgIpc) is 2.79. The highest BCUT2D eigenvalue weighted by atomic mass is 16.5. The molecule has 0 aromatic heterocycles. The van der Waals surface area contributed by atoms with Crippen LogP contribution in [0.15, 0.2) is 36.4 Å². The van der Waals surface area contributed by atoms with Crippen LogP contribution in [-0.2, 0) is 0 Å². The minimum atomic E-state index is 0.586. The largest absolute Gasteiger partial charge is 0.494 e. The first-order valence-electron chi connectivity index (χ1n) is 12.7. The third-order valence-electron chi connectivity index (χ3n) is 7.24. The third-order valence-corrected chi connectivity index (χ3v) is 7.24. The fraction of sp³-hybridized carbons (Fsp3) is 0.655. The summed E-state index contributed by atoms with van der Waals surface area (Å²) in [7, 11) is 0. The maximum absolute atomic E-state index is 5.56. The van der Waals surface area contributed by atoms with E-state index >= 15 is 0 Å². The van der Waals surface area contributed by atoms with E-state index in [1.807, 2.05) is 6.92 Å².